The highest BCUT2D eigenvalue weighted by molar-refractivity contribution is 6.09. The minimum atomic E-state index is -1.22. The van der Waals surface area contributed by atoms with Gasteiger partial charge in [0.2, 0.25) is 0 Å². The van der Waals surface area contributed by atoms with E-state index in [0.29, 0.717) is 0 Å². The van der Waals surface area contributed by atoms with Crippen LogP contribution in [0.15, 0.2) is 24.4 Å². The molecule has 1 heterocycles. The van der Waals surface area contributed by atoms with Crippen molar-refractivity contribution in [1.29, 1.82) is 0 Å². The van der Waals surface area contributed by atoms with E-state index in [1.807, 2.05) is 0 Å². The maximum absolute atomic E-state index is 12.2. The Morgan fingerprint density at radius 2 is 1.85 bits per heavy atom. The first-order valence-corrected chi connectivity index (χ1v) is 6.37. The molecule has 0 aliphatic heterocycles. The highest BCUT2D eigenvalue weighted by Gasteiger charge is 2.32. The summed E-state index contributed by atoms with van der Waals surface area (Å²) >= 11 is 0. The molecule has 0 aromatic carbocycles. The lowest BCUT2D eigenvalue weighted by Crippen LogP contribution is -2.30. The molecule has 1 aromatic rings. The van der Waals surface area contributed by atoms with Crippen LogP contribution in [0.2, 0.25) is 0 Å². The first-order chi connectivity index (χ1) is 9.60. The molecule has 108 valence electrons. The van der Waals surface area contributed by atoms with E-state index < -0.39 is 23.6 Å². The summed E-state index contributed by atoms with van der Waals surface area (Å²) in [5.74, 6) is -3.12. The molecule has 0 saturated carbocycles. The normalized spacial score (nSPS) is 11.5. The second-order valence-electron chi connectivity index (χ2n) is 3.89. The molecule has 1 atom stereocenters. The molecule has 0 aliphatic carbocycles. The average molecular weight is 279 g/mol. The van der Waals surface area contributed by atoms with Gasteiger partial charge in [-0.15, -0.1) is 0 Å². The van der Waals surface area contributed by atoms with Gasteiger partial charge >= 0.3 is 11.9 Å². The van der Waals surface area contributed by atoms with E-state index in [4.69, 9.17) is 9.47 Å². The minimum absolute atomic E-state index is 0.120. The number of ether oxygens (including phenoxy) is 2. The van der Waals surface area contributed by atoms with Crippen molar-refractivity contribution in [3.63, 3.8) is 0 Å². The van der Waals surface area contributed by atoms with Gasteiger partial charge in [0.15, 0.2) is 5.78 Å². The number of Topliss-reactive ketones (excluding diaryl/α,β-unsaturated/α-hetero) is 1. The predicted octanol–water partition coefficient (Wildman–Crippen LogP) is 1.40. The summed E-state index contributed by atoms with van der Waals surface area (Å²) in [5.41, 5.74) is 0.120. The van der Waals surface area contributed by atoms with Gasteiger partial charge in [0.1, 0.15) is 11.6 Å². The van der Waals surface area contributed by atoms with Crippen molar-refractivity contribution in [3.05, 3.63) is 30.1 Å². The summed E-state index contributed by atoms with van der Waals surface area (Å²) in [6.45, 7) is 3.60. The van der Waals surface area contributed by atoms with Crippen LogP contribution in [0.25, 0.3) is 0 Å². The topological polar surface area (TPSA) is 82.6 Å². The largest absolute Gasteiger partial charge is 0.466 e. The lowest BCUT2D eigenvalue weighted by atomic mass is 9.97. The number of carbonyl (C=O) groups is 3. The first kappa shape index (κ1) is 15.8. The molecule has 0 N–H and O–H groups in total. The SMILES string of the molecule is CCOC(=O)CC(C(=O)OCC)C(=O)c1ccccn1. The van der Waals surface area contributed by atoms with Gasteiger partial charge in [-0.2, -0.15) is 0 Å². The van der Waals surface area contributed by atoms with Gasteiger partial charge < -0.3 is 9.47 Å². The summed E-state index contributed by atoms with van der Waals surface area (Å²) in [5, 5.41) is 0. The number of hydrogen-bond acceptors (Lipinski definition) is 6. The molecule has 1 unspecified atom stereocenters. The smallest absolute Gasteiger partial charge is 0.317 e. The Kier molecular flexibility index (Phi) is 6.36. The average Bonchev–Trinajstić information content (AvgIpc) is 2.45. The fraction of sp³-hybridized carbons (Fsp3) is 0.429. The van der Waals surface area contributed by atoms with Crippen molar-refractivity contribution in [2.24, 2.45) is 5.92 Å². The predicted molar refractivity (Wildman–Crippen MR) is 69.9 cm³/mol. The van der Waals surface area contributed by atoms with Crippen LogP contribution in [0.5, 0.6) is 0 Å². The van der Waals surface area contributed by atoms with Gasteiger partial charge in [-0.1, -0.05) is 6.07 Å². The van der Waals surface area contributed by atoms with E-state index in [1.54, 1.807) is 26.0 Å². The van der Waals surface area contributed by atoms with E-state index in [0.717, 1.165) is 0 Å². The first-order valence-electron chi connectivity index (χ1n) is 6.37. The van der Waals surface area contributed by atoms with E-state index in [-0.39, 0.29) is 25.3 Å². The minimum Gasteiger partial charge on any atom is -0.466 e. The Morgan fingerprint density at radius 1 is 1.15 bits per heavy atom. The lowest BCUT2D eigenvalue weighted by molar-refractivity contribution is -0.152. The number of esters is 2. The molecule has 0 bridgehead atoms. The Morgan fingerprint density at radius 3 is 2.40 bits per heavy atom. The van der Waals surface area contributed by atoms with Gasteiger partial charge in [-0.05, 0) is 26.0 Å². The zero-order valence-electron chi connectivity index (χ0n) is 11.5. The van der Waals surface area contributed by atoms with Gasteiger partial charge in [0.25, 0.3) is 0 Å². The standard InChI is InChI=1S/C14H17NO5/c1-3-19-12(16)9-10(14(18)20-4-2)13(17)11-7-5-6-8-15-11/h5-8,10H,3-4,9H2,1-2H3. The molecule has 0 amide bonds. The van der Waals surface area contributed by atoms with E-state index in [9.17, 15) is 14.4 Å². The van der Waals surface area contributed by atoms with Crippen LogP contribution >= 0.6 is 0 Å². The van der Waals surface area contributed by atoms with Crippen molar-refractivity contribution >= 4 is 17.7 Å². The lowest BCUT2D eigenvalue weighted by Gasteiger charge is -2.13. The number of ketones is 1. The van der Waals surface area contributed by atoms with Crippen LogP contribution in [-0.2, 0) is 19.1 Å². The second kappa shape index (κ2) is 8.04. The molecule has 1 rings (SSSR count). The highest BCUT2D eigenvalue weighted by Crippen LogP contribution is 2.14. The summed E-state index contributed by atoms with van der Waals surface area (Å²) in [6, 6.07) is 4.77. The van der Waals surface area contributed by atoms with Gasteiger partial charge in [-0.25, -0.2) is 0 Å². The van der Waals surface area contributed by atoms with Crippen LogP contribution < -0.4 is 0 Å². The van der Waals surface area contributed by atoms with Crippen LogP contribution in [0.1, 0.15) is 30.8 Å². The molecule has 1 aromatic heterocycles. The molecular formula is C14H17NO5. The Hall–Kier alpha value is -2.24. The molecule has 0 radical (unpaired) electrons. The van der Waals surface area contributed by atoms with Crippen LogP contribution in [0.4, 0.5) is 0 Å². The second-order valence-corrected chi connectivity index (χ2v) is 3.89. The molecule has 0 aliphatic rings. The zero-order chi connectivity index (χ0) is 15.0. The van der Waals surface area contributed by atoms with Gasteiger partial charge in [0.05, 0.1) is 19.6 Å². The van der Waals surface area contributed by atoms with Crippen molar-refractivity contribution in [2.45, 2.75) is 20.3 Å². The monoisotopic (exact) mass is 279 g/mol. The number of aromatic nitrogens is 1. The third-order valence-electron chi connectivity index (χ3n) is 2.48. The van der Waals surface area contributed by atoms with E-state index in [2.05, 4.69) is 4.98 Å². The van der Waals surface area contributed by atoms with E-state index >= 15 is 0 Å². The summed E-state index contributed by atoms with van der Waals surface area (Å²) in [7, 11) is 0. The quantitative estimate of drug-likeness (QED) is 0.426. The maximum Gasteiger partial charge on any atom is 0.317 e. The zero-order valence-corrected chi connectivity index (χ0v) is 11.5. The van der Waals surface area contributed by atoms with Crippen molar-refractivity contribution in [3.8, 4) is 0 Å². The van der Waals surface area contributed by atoms with Gasteiger partial charge in [0, 0.05) is 6.20 Å². The molecule has 0 fully saturated rings. The van der Waals surface area contributed by atoms with Crippen molar-refractivity contribution in [2.75, 3.05) is 13.2 Å². The Labute approximate surface area is 117 Å². The summed E-state index contributed by atoms with van der Waals surface area (Å²) in [6.07, 6.45) is 1.10. The number of hydrogen-bond donors (Lipinski definition) is 0. The Balaban J connectivity index is 2.89. The number of pyridine rings is 1. The van der Waals surface area contributed by atoms with Crippen LogP contribution in [-0.4, -0.2) is 35.9 Å². The van der Waals surface area contributed by atoms with E-state index in [1.165, 1.54) is 12.3 Å². The maximum atomic E-state index is 12.2. The number of rotatable bonds is 7. The number of nitrogens with zero attached hydrogens (tertiary/aromatic N) is 1. The molecule has 0 spiro atoms. The van der Waals surface area contributed by atoms with Crippen molar-refractivity contribution in [1.82, 2.24) is 4.98 Å². The third kappa shape index (κ3) is 4.46. The fourth-order valence-corrected chi connectivity index (χ4v) is 1.60. The van der Waals surface area contributed by atoms with Crippen molar-refractivity contribution < 1.29 is 23.9 Å². The highest BCUT2D eigenvalue weighted by atomic mass is 16.5. The Bertz CT molecular complexity index is 472. The molecule has 6 nitrogen and oxygen atoms in total. The van der Waals surface area contributed by atoms with Gasteiger partial charge in [-0.3, -0.25) is 19.4 Å². The molecule has 0 saturated heterocycles. The molecule has 20 heavy (non-hydrogen) atoms. The summed E-state index contributed by atoms with van der Waals surface area (Å²) in [4.78, 5) is 39.4. The summed E-state index contributed by atoms with van der Waals surface area (Å²) < 4.78 is 9.60. The van der Waals surface area contributed by atoms with Crippen LogP contribution in [0, 0.1) is 5.92 Å². The third-order valence-corrected chi connectivity index (χ3v) is 2.48. The molecule has 6 heteroatoms. The molecular weight excluding hydrogens is 262 g/mol. The fourth-order valence-electron chi connectivity index (χ4n) is 1.60. The number of carbonyl (C=O) groups excluding carboxylic acids is 3. The van der Waals surface area contributed by atoms with Crippen LogP contribution in [0.3, 0.4) is 0 Å².